The van der Waals surface area contributed by atoms with Crippen LogP contribution in [0.3, 0.4) is 0 Å². The Bertz CT molecular complexity index is 855. The van der Waals surface area contributed by atoms with E-state index < -0.39 is 0 Å². The number of hydrogen-bond acceptors (Lipinski definition) is 5. The van der Waals surface area contributed by atoms with Crippen LogP contribution in [0.1, 0.15) is 6.92 Å². The average Bonchev–Trinajstić information content (AvgIpc) is 3.12. The Balaban J connectivity index is 2.02. The fourth-order valence-electron chi connectivity index (χ4n) is 2.36. The third-order valence-electron chi connectivity index (χ3n) is 3.70. The van der Waals surface area contributed by atoms with Crippen molar-refractivity contribution >= 4 is 0 Å². The van der Waals surface area contributed by atoms with Gasteiger partial charge < -0.3 is 14.2 Å². The van der Waals surface area contributed by atoms with Crippen LogP contribution in [-0.2, 0) is 0 Å². The molecule has 6 heteroatoms. The van der Waals surface area contributed by atoms with Gasteiger partial charge in [-0.05, 0) is 55.5 Å². The number of hydrogen-bond donors (Lipinski definition) is 0. The fraction of sp³-hybridized carbons (Fsp3) is 0.200. The Morgan fingerprint density at radius 2 is 1.54 bits per heavy atom. The molecule has 0 amide bonds. The lowest BCUT2D eigenvalue weighted by molar-refractivity contribution is 0.339. The standard InChI is InChI=1S/C20H19N3O3/c1-4-5-14-26-20-21-19(15-6-10-17(24-2)11-7-15)23(22-20)16-8-12-18(25-3)13-9-16/h6-13H,14H2,1-3H3. The molecule has 1 heterocycles. The highest BCUT2D eigenvalue weighted by atomic mass is 16.5. The van der Waals surface area contributed by atoms with Crippen LogP contribution in [0, 0.1) is 11.8 Å². The van der Waals surface area contributed by atoms with Gasteiger partial charge in [0, 0.05) is 5.56 Å². The van der Waals surface area contributed by atoms with Gasteiger partial charge in [0.25, 0.3) is 0 Å². The molecule has 26 heavy (non-hydrogen) atoms. The molecular formula is C20H19N3O3. The van der Waals surface area contributed by atoms with Gasteiger partial charge in [-0.2, -0.15) is 4.98 Å². The van der Waals surface area contributed by atoms with Crippen LogP contribution in [0.5, 0.6) is 17.5 Å². The Morgan fingerprint density at radius 1 is 0.923 bits per heavy atom. The molecule has 0 saturated heterocycles. The van der Waals surface area contributed by atoms with Crippen molar-refractivity contribution in [1.82, 2.24) is 14.8 Å². The topological polar surface area (TPSA) is 58.4 Å². The maximum atomic E-state index is 5.53. The maximum absolute atomic E-state index is 5.53. The number of benzene rings is 2. The van der Waals surface area contributed by atoms with Crippen molar-refractivity contribution in [3.8, 4) is 46.4 Å². The van der Waals surface area contributed by atoms with Crippen LogP contribution >= 0.6 is 0 Å². The lowest BCUT2D eigenvalue weighted by Crippen LogP contribution is -2.00. The zero-order valence-corrected chi connectivity index (χ0v) is 14.9. The smallest absolute Gasteiger partial charge is 0.337 e. The molecular weight excluding hydrogens is 330 g/mol. The summed E-state index contributed by atoms with van der Waals surface area (Å²) in [6.07, 6.45) is 0. The van der Waals surface area contributed by atoms with Crippen LogP contribution in [0.15, 0.2) is 48.5 Å². The lowest BCUT2D eigenvalue weighted by atomic mass is 10.2. The number of aromatic nitrogens is 3. The third-order valence-corrected chi connectivity index (χ3v) is 3.70. The molecule has 0 spiro atoms. The van der Waals surface area contributed by atoms with Gasteiger partial charge in [-0.25, -0.2) is 4.68 Å². The first kappa shape index (κ1) is 17.4. The van der Waals surface area contributed by atoms with Gasteiger partial charge in [-0.3, -0.25) is 0 Å². The van der Waals surface area contributed by atoms with Crippen molar-refractivity contribution in [2.45, 2.75) is 6.92 Å². The van der Waals surface area contributed by atoms with Gasteiger partial charge in [0.05, 0.1) is 19.9 Å². The van der Waals surface area contributed by atoms with Crippen LogP contribution in [0.4, 0.5) is 0 Å². The summed E-state index contributed by atoms with van der Waals surface area (Å²) in [4.78, 5) is 4.52. The van der Waals surface area contributed by atoms with Crippen LogP contribution in [0.25, 0.3) is 17.1 Å². The molecule has 0 atom stereocenters. The molecule has 0 unspecified atom stereocenters. The van der Waals surface area contributed by atoms with E-state index in [1.54, 1.807) is 25.8 Å². The second-order valence-electron chi connectivity index (χ2n) is 5.27. The van der Waals surface area contributed by atoms with Crippen molar-refractivity contribution in [1.29, 1.82) is 0 Å². The zero-order valence-electron chi connectivity index (χ0n) is 14.9. The van der Waals surface area contributed by atoms with Crippen molar-refractivity contribution in [2.75, 3.05) is 20.8 Å². The Kier molecular flexibility index (Phi) is 5.40. The van der Waals surface area contributed by atoms with Gasteiger partial charge in [0.2, 0.25) is 0 Å². The predicted octanol–water partition coefficient (Wildman–Crippen LogP) is 3.35. The molecule has 1 aromatic heterocycles. The molecule has 132 valence electrons. The third kappa shape index (κ3) is 3.78. The summed E-state index contributed by atoms with van der Waals surface area (Å²) in [7, 11) is 3.27. The minimum Gasteiger partial charge on any atom is -0.497 e. The molecule has 0 bridgehead atoms. The zero-order chi connectivity index (χ0) is 18.4. The van der Waals surface area contributed by atoms with Crippen LogP contribution in [0.2, 0.25) is 0 Å². The molecule has 0 N–H and O–H groups in total. The minimum atomic E-state index is 0.241. The Morgan fingerprint density at radius 3 is 2.12 bits per heavy atom. The highest BCUT2D eigenvalue weighted by Crippen LogP contribution is 2.26. The highest BCUT2D eigenvalue weighted by Gasteiger charge is 2.15. The normalized spacial score (nSPS) is 9.96. The molecule has 3 rings (SSSR count). The molecule has 0 fully saturated rings. The summed E-state index contributed by atoms with van der Waals surface area (Å²) in [6, 6.07) is 15.5. The first-order valence-electron chi connectivity index (χ1n) is 8.03. The van der Waals surface area contributed by atoms with Crippen molar-refractivity contribution in [3.05, 3.63) is 48.5 Å². The quantitative estimate of drug-likeness (QED) is 0.639. The summed E-state index contributed by atoms with van der Waals surface area (Å²) in [5.74, 6) is 7.84. The molecule has 0 radical (unpaired) electrons. The summed E-state index contributed by atoms with van der Waals surface area (Å²) < 4.78 is 17.7. The second kappa shape index (κ2) is 8.08. The van der Waals surface area contributed by atoms with E-state index >= 15 is 0 Å². The molecule has 0 aliphatic heterocycles. The number of rotatable bonds is 6. The maximum Gasteiger partial charge on any atom is 0.337 e. The number of methoxy groups -OCH3 is 2. The lowest BCUT2D eigenvalue weighted by Gasteiger charge is -2.07. The van der Waals surface area contributed by atoms with E-state index in [1.807, 2.05) is 48.5 Å². The van der Waals surface area contributed by atoms with Crippen molar-refractivity contribution in [2.24, 2.45) is 0 Å². The van der Waals surface area contributed by atoms with Gasteiger partial charge in [-0.15, -0.1) is 11.0 Å². The predicted molar refractivity (Wildman–Crippen MR) is 98.8 cm³/mol. The van der Waals surface area contributed by atoms with Gasteiger partial charge in [0.1, 0.15) is 11.5 Å². The minimum absolute atomic E-state index is 0.241. The number of nitrogens with zero attached hydrogens (tertiary/aromatic N) is 3. The van der Waals surface area contributed by atoms with Crippen LogP contribution < -0.4 is 14.2 Å². The first-order valence-corrected chi connectivity index (χ1v) is 8.03. The summed E-state index contributed by atoms with van der Waals surface area (Å²) in [5, 5.41) is 4.47. The van der Waals surface area contributed by atoms with E-state index in [9.17, 15) is 0 Å². The van der Waals surface area contributed by atoms with Gasteiger partial charge in [-0.1, -0.05) is 5.92 Å². The fourth-order valence-corrected chi connectivity index (χ4v) is 2.36. The van der Waals surface area contributed by atoms with Gasteiger partial charge >= 0.3 is 6.01 Å². The monoisotopic (exact) mass is 349 g/mol. The average molecular weight is 349 g/mol. The molecule has 0 aliphatic rings. The van der Waals surface area contributed by atoms with Crippen LogP contribution in [-0.4, -0.2) is 35.6 Å². The van der Waals surface area contributed by atoms with Crippen molar-refractivity contribution in [3.63, 3.8) is 0 Å². The Labute approximate surface area is 152 Å². The largest absolute Gasteiger partial charge is 0.497 e. The molecule has 6 nitrogen and oxygen atoms in total. The molecule has 2 aromatic carbocycles. The van der Waals surface area contributed by atoms with E-state index in [-0.39, 0.29) is 12.6 Å². The molecule has 3 aromatic rings. The molecule has 0 aliphatic carbocycles. The van der Waals surface area contributed by atoms with E-state index in [2.05, 4.69) is 21.9 Å². The molecule has 0 saturated carbocycles. The van der Waals surface area contributed by atoms with E-state index in [0.717, 1.165) is 22.7 Å². The van der Waals surface area contributed by atoms with E-state index in [1.165, 1.54) is 0 Å². The van der Waals surface area contributed by atoms with Gasteiger partial charge in [0.15, 0.2) is 12.4 Å². The highest BCUT2D eigenvalue weighted by molar-refractivity contribution is 5.59. The number of ether oxygens (including phenoxy) is 3. The second-order valence-corrected chi connectivity index (χ2v) is 5.27. The van der Waals surface area contributed by atoms with E-state index in [0.29, 0.717) is 5.82 Å². The SMILES string of the molecule is CC#CCOc1nc(-c2ccc(OC)cc2)n(-c2ccc(OC)cc2)n1. The summed E-state index contributed by atoms with van der Waals surface area (Å²) in [6.45, 7) is 2.00. The van der Waals surface area contributed by atoms with Crippen molar-refractivity contribution < 1.29 is 14.2 Å². The Hall–Kier alpha value is -3.46. The summed E-state index contributed by atoms with van der Waals surface area (Å²) >= 11 is 0. The van der Waals surface area contributed by atoms with E-state index in [4.69, 9.17) is 14.2 Å². The summed E-state index contributed by atoms with van der Waals surface area (Å²) in [5.41, 5.74) is 1.74. The first-order chi connectivity index (χ1) is 12.7.